The quantitative estimate of drug-likeness (QED) is 0.124. The molecule has 1 saturated carbocycles. The Morgan fingerprint density at radius 2 is 1.65 bits per heavy atom. The number of ether oxygens (including phenoxy) is 1. The van der Waals surface area contributed by atoms with E-state index in [0.29, 0.717) is 57.6 Å². The van der Waals surface area contributed by atoms with Crippen LogP contribution in [0.1, 0.15) is 37.1 Å². The molecule has 54 heavy (non-hydrogen) atoms. The molecule has 2 aromatic heterocycles. The summed E-state index contributed by atoms with van der Waals surface area (Å²) in [4.78, 5) is 52.5. The van der Waals surface area contributed by atoms with Crippen molar-refractivity contribution in [3.8, 4) is 22.5 Å². The number of nitrogens with zero attached hydrogens (tertiary/aromatic N) is 5. The summed E-state index contributed by atoms with van der Waals surface area (Å²) in [5.74, 6) is -15.7. The number of aromatic nitrogens is 5. The number of anilines is 2. The van der Waals surface area contributed by atoms with Crippen LogP contribution in [-0.2, 0) is 31.5 Å². The Morgan fingerprint density at radius 1 is 0.963 bits per heavy atom. The maximum Gasteiger partial charge on any atom is 0.411 e. The van der Waals surface area contributed by atoms with E-state index in [1.54, 1.807) is 17.5 Å². The van der Waals surface area contributed by atoms with Crippen LogP contribution in [-0.4, -0.2) is 92.9 Å². The van der Waals surface area contributed by atoms with E-state index in [0.717, 1.165) is 29.5 Å². The lowest BCUT2D eigenvalue weighted by molar-refractivity contribution is -0.231. The van der Waals surface area contributed by atoms with Crippen molar-refractivity contribution in [2.45, 2.75) is 50.0 Å². The van der Waals surface area contributed by atoms with Crippen molar-refractivity contribution in [3.05, 3.63) is 72.3 Å². The standard InChI is InChI=1S/C36H39F4N9O5/c37-35(38,36(39,40)33(52)53)32-46-29(47-48-32)23-8-10-27(11-9-23)44-31(51)28(45-30(50)24-6-4-21(18-41)5-7-24)17-22-2-1-3-25(16-22)26-19-42-34(43-20-26)49-12-14-54-15-13-49/h1-3,8-11,16,19-21,24,28H,4-7,12-15,17-18,41H2,(H,44,51)(H,45,50)(H,52,53)(H,46,47,48). The van der Waals surface area contributed by atoms with Gasteiger partial charge in [-0.3, -0.25) is 14.7 Å². The maximum absolute atomic E-state index is 14.2. The average molecular weight is 754 g/mol. The number of nitrogens with two attached hydrogens (primary N) is 1. The predicted molar refractivity (Wildman–Crippen MR) is 188 cm³/mol. The van der Waals surface area contributed by atoms with Crippen molar-refractivity contribution < 1.29 is 41.8 Å². The second-order valence-corrected chi connectivity index (χ2v) is 13.3. The van der Waals surface area contributed by atoms with Gasteiger partial charge in [0.1, 0.15) is 6.04 Å². The number of aromatic amines is 1. The number of rotatable bonds is 13. The summed E-state index contributed by atoms with van der Waals surface area (Å²) in [7, 11) is 0. The van der Waals surface area contributed by atoms with E-state index >= 15 is 0 Å². The van der Waals surface area contributed by atoms with Gasteiger partial charge in [-0.15, -0.1) is 0 Å². The van der Waals surface area contributed by atoms with Crippen LogP contribution in [0.15, 0.2) is 60.9 Å². The van der Waals surface area contributed by atoms with E-state index in [-0.39, 0.29) is 29.5 Å². The molecule has 4 aromatic rings. The van der Waals surface area contributed by atoms with Gasteiger partial charge in [0.25, 0.3) is 0 Å². The number of morpholine rings is 1. The van der Waals surface area contributed by atoms with E-state index in [1.807, 2.05) is 29.2 Å². The molecule has 1 aliphatic heterocycles. The summed E-state index contributed by atoms with van der Waals surface area (Å²) in [5, 5.41) is 19.5. The number of hydrogen-bond acceptors (Lipinski definition) is 10. The first kappa shape index (κ1) is 38.2. The van der Waals surface area contributed by atoms with Gasteiger partial charge in [0, 0.05) is 54.6 Å². The van der Waals surface area contributed by atoms with Gasteiger partial charge >= 0.3 is 17.8 Å². The van der Waals surface area contributed by atoms with Crippen LogP contribution in [0, 0.1) is 11.8 Å². The largest absolute Gasteiger partial charge is 0.477 e. The number of H-pyrrole nitrogens is 1. The van der Waals surface area contributed by atoms with E-state index < -0.39 is 41.4 Å². The molecule has 2 aliphatic rings. The molecule has 18 heteroatoms. The normalized spacial score (nSPS) is 18.5. The summed E-state index contributed by atoms with van der Waals surface area (Å²) in [5.41, 5.74) is 8.57. The van der Waals surface area contributed by atoms with Gasteiger partial charge in [-0.05, 0) is 73.5 Å². The van der Waals surface area contributed by atoms with E-state index in [1.165, 1.54) is 24.3 Å². The topological polar surface area (TPSA) is 201 Å². The van der Waals surface area contributed by atoms with Crippen LogP contribution in [0.3, 0.4) is 0 Å². The lowest BCUT2D eigenvalue weighted by Gasteiger charge is -2.28. The number of carbonyl (C=O) groups is 3. The first-order valence-corrected chi connectivity index (χ1v) is 17.4. The number of nitrogens with one attached hydrogen (secondary N) is 3. The number of aliphatic carboxylic acids is 1. The summed E-state index contributed by atoms with van der Waals surface area (Å²) in [6.07, 6.45) is 6.56. The number of amides is 2. The third kappa shape index (κ3) is 8.49. The number of carboxylic acids is 1. The fourth-order valence-corrected chi connectivity index (χ4v) is 6.42. The van der Waals surface area contributed by atoms with Crippen LogP contribution >= 0.6 is 0 Å². The lowest BCUT2D eigenvalue weighted by atomic mass is 9.81. The Morgan fingerprint density at radius 3 is 2.30 bits per heavy atom. The van der Waals surface area contributed by atoms with Gasteiger partial charge in [-0.2, -0.15) is 22.7 Å². The van der Waals surface area contributed by atoms with E-state index in [2.05, 4.69) is 30.7 Å². The predicted octanol–water partition coefficient (Wildman–Crippen LogP) is 4.01. The molecule has 0 spiro atoms. The maximum atomic E-state index is 14.2. The minimum absolute atomic E-state index is 0.113. The fraction of sp³-hybridized carbons (Fsp3) is 0.417. The van der Waals surface area contributed by atoms with Crippen molar-refractivity contribution >= 4 is 29.4 Å². The number of benzene rings is 2. The first-order valence-electron chi connectivity index (χ1n) is 17.4. The number of carboxylic acid groups (broad SMARTS) is 1. The summed E-state index contributed by atoms with van der Waals surface area (Å²) >= 11 is 0. The van der Waals surface area contributed by atoms with Crippen LogP contribution in [0.4, 0.5) is 29.2 Å². The summed E-state index contributed by atoms with van der Waals surface area (Å²) < 4.78 is 61.2. The van der Waals surface area contributed by atoms with E-state index in [4.69, 9.17) is 15.6 Å². The molecule has 2 aromatic carbocycles. The number of carbonyl (C=O) groups excluding carboxylic acids is 2. The fourth-order valence-electron chi connectivity index (χ4n) is 6.42. The highest BCUT2D eigenvalue weighted by atomic mass is 19.3. The smallest absolute Gasteiger partial charge is 0.411 e. The van der Waals surface area contributed by atoms with Crippen molar-refractivity contribution in [1.29, 1.82) is 0 Å². The molecule has 1 unspecified atom stereocenters. The zero-order valence-corrected chi connectivity index (χ0v) is 29.0. The summed E-state index contributed by atoms with van der Waals surface area (Å²) in [6.45, 7) is 3.17. The highest BCUT2D eigenvalue weighted by Gasteiger charge is 2.65. The molecule has 286 valence electrons. The van der Waals surface area contributed by atoms with Gasteiger partial charge in [-0.1, -0.05) is 24.3 Å². The van der Waals surface area contributed by atoms with Crippen LogP contribution < -0.4 is 21.3 Å². The molecule has 14 nitrogen and oxygen atoms in total. The molecule has 1 atom stereocenters. The Kier molecular flexibility index (Phi) is 11.5. The number of alkyl halides is 4. The van der Waals surface area contributed by atoms with E-state index in [9.17, 15) is 31.9 Å². The van der Waals surface area contributed by atoms with Crippen LogP contribution in [0.5, 0.6) is 0 Å². The highest BCUT2D eigenvalue weighted by Crippen LogP contribution is 2.42. The second-order valence-electron chi connectivity index (χ2n) is 13.3. The molecule has 2 fully saturated rings. The molecule has 0 bridgehead atoms. The van der Waals surface area contributed by atoms with Gasteiger partial charge in [-0.25, -0.2) is 19.7 Å². The minimum atomic E-state index is -5.43. The second kappa shape index (κ2) is 16.3. The highest BCUT2D eigenvalue weighted by molar-refractivity contribution is 5.97. The molecule has 1 saturated heterocycles. The molecule has 2 amide bonds. The Labute approximate surface area is 306 Å². The van der Waals surface area contributed by atoms with Crippen molar-refractivity contribution in [1.82, 2.24) is 30.5 Å². The first-order chi connectivity index (χ1) is 25.8. The molecular weight excluding hydrogens is 714 g/mol. The Hall–Kier alpha value is -5.49. The van der Waals surface area contributed by atoms with Gasteiger partial charge in [0.2, 0.25) is 23.6 Å². The Balaban J connectivity index is 1.17. The number of hydrogen-bond donors (Lipinski definition) is 5. The molecular formula is C36H39F4N9O5. The van der Waals surface area contributed by atoms with Crippen LogP contribution in [0.25, 0.3) is 22.5 Å². The monoisotopic (exact) mass is 753 g/mol. The zero-order valence-electron chi connectivity index (χ0n) is 29.0. The van der Waals surface area contributed by atoms with Crippen LogP contribution in [0.2, 0.25) is 0 Å². The zero-order chi connectivity index (χ0) is 38.5. The Bertz CT molecular complexity index is 1930. The summed E-state index contributed by atoms with van der Waals surface area (Å²) in [6, 6.07) is 12.1. The van der Waals surface area contributed by atoms with Crippen molar-refractivity contribution in [2.75, 3.05) is 43.1 Å². The van der Waals surface area contributed by atoms with Gasteiger partial charge in [0.15, 0.2) is 5.82 Å². The van der Waals surface area contributed by atoms with Crippen molar-refractivity contribution in [2.24, 2.45) is 17.6 Å². The minimum Gasteiger partial charge on any atom is -0.477 e. The molecule has 3 heterocycles. The molecule has 6 N–H and O–H groups in total. The lowest BCUT2D eigenvalue weighted by Crippen LogP contribution is -2.48. The van der Waals surface area contributed by atoms with Crippen molar-refractivity contribution in [3.63, 3.8) is 0 Å². The van der Waals surface area contributed by atoms with Gasteiger partial charge in [0.05, 0.1) is 13.2 Å². The average Bonchev–Trinajstić information content (AvgIpc) is 3.70. The third-order valence-electron chi connectivity index (χ3n) is 9.67. The molecule has 1 aliphatic carbocycles. The molecule has 0 radical (unpaired) electrons. The molecule has 6 rings (SSSR count). The number of halogens is 4. The SMILES string of the molecule is NCC1CCC(C(=O)NC(Cc2cccc(-c3cnc(N4CCOCC4)nc3)c2)C(=O)Nc2ccc(-c3n[nH]c(C(F)(F)C(F)(F)C(=O)O)n3)cc2)CC1. The third-order valence-corrected chi connectivity index (χ3v) is 9.67. The van der Waals surface area contributed by atoms with Gasteiger partial charge < -0.3 is 31.1 Å².